The Kier molecular flexibility index (Phi) is 6.92. The molecule has 7 nitrogen and oxygen atoms in total. The highest BCUT2D eigenvalue weighted by Gasteiger charge is 2.42. The van der Waals surface area contributed by atoms with E-state index in [1.165, 1.54) is 12.1 Å². The molecule has 1 atom stereocenters. The van der Waals surface area contributed by atoms with Crippen molar-refractivity contribution in [2.75, 3.05) is 13.1 Å². The molecular weight excluding hydrogens is 427 g/mol. The maximum Gasteiger partial charge on any atom is 0.471 e. The van der Waals surface area contributed by atoms with Gasteiger partial charge in [-0.25, -0.2) is 0 Å². The fourth-order valence-electron chi connectivity index (χ4n) is 3.35. The van der Waals surface area contributed by atoms with E-state index < -0.39 is 35.8 Å². The lowest BCUT2D eigenvalue weighted by molar-refractivity contribution is -0.173. The Bertz CT molecular complexity index is 990. The minimum atomic E-state index is -4.98. The number of hydrogen-bond donors (Lipinski definition) is 2. The maximum absolute atomic E-state index is 12.9. The molecule has 0 spiro atoms. The van der Waals surface area contributed by atoms with Gasteiger partial charge in [-0.05, 0) is 24.1 Å². The lowest BCUT2D eigenvalue weighted by Crippen LogP contribution is -2.51. The average molecular weight is 447 g/mol. The van der Waals surface area contributed by atoms with Crippen LogP contribution in [-0.2, 0) is 16.0 Å². The van der Waals surface area contributed by atoms with Crippen LogP contribution in [0.25, 0.3) is 0 Å². The van der Waals surface area contributed by atoms with Crippen LogP contribution in [0.2, 0.25) is 0 Å². The van der Waals surface area contributed by atoms with Crippen molar-refractivity contribution in [2.24, 2.45) is 0 Å². The number of benzene rings is 2. The monoisotopic (exact) mass is 447 g/mol. The molecule has 10 heteroatoms. The lowest BCUT2D eigenvalue weighted by Gasteiger charge is -2.25. The highest BCUT2D eigenvalue weighted by Crippen LogP contribution is 2.26. The first kappa shape index (κ1) is 23.0. The smallest absolute Gasteiger partial charge is 0.354 e. The first-order chi connectivity index (χ1) is 15.2. The summed E-state index contributed by atoms with van der Waals surface area (Å²) in [6.07, 6.45) is -4.87. The van der Waals surface area contributed by atoms with E-state index in [2.05, 4.69) is 5.32 Å². The van der Waals surface area contributed by atoms with Crippen molar-refractivity contribution in [3.05, 3.63) is 71.3 Å². The van der Waals surface area contributed by atoms with Crippen molar-refractivity contribution in [1.29, 1.82) is 0 Å². The number of carbonyl (C=O) groups excluding carboxylic acids is 4. The molecule has 1 unspecified atom stereocenters. The van der Waals surface area contributed by atoms with Crippen molar-refractivity contribution in [3.8, 4) is 0 Å². The predicted molar refractivity (Wildman–Crippen MR) is 108 cm³/mol. The zero-order valence-electron chi connectivity index (χ0n) is 16.8. The van der Waals surface area contributed by atoms with Gasteiger partial charge in [-0.2, -0.15) is 13.2 Å². The largest absolute Gasteiger partial charge is 0.471 e. The van der Waals surface area contributed by atoms with Gasteiger partial charge in [0.2, 0.25) is 5.91 Å². The Morgan fingerprint density at radius 3 is 1.94 bits per heavy atom. The summed E-state index contributed by atoms with van der Waals surface area (Å²) in [4.78, 5) is 50.4. The lowest BCUT2D eigenvalue weighted by atomic mass is 10.0. The number of nitrogens with one attached hydrogen (secondary N) is 2. The van der Waals surface area contributed by atoms with Crippen molar-refractivity contribution >= 4 is 23.6 Å². The predicted octanol–water partition coefficient (Wildman–Crippen LogP) is 2.08. The summed E-state index contributed by atoms with van der Waals surface area (Å²) in [7, 11) is 0. The summed E-state index contributed by atoms with van der Waals surface area (Å²) in [5, 5.41) is 4.26. The molecule has 0 saturated carbocycles. The number of halogens is 3. The minimum absolute atomic E-state index is 0.0355. The Labute approximate surface area is 181 Å². The van der Waals surface area contributed by atoms with Crippen LogP contribution in [0.1, 0.15) is 32.7 Å². The van der Waals surface area contributed by atoms with Crippen LogP contribution in [0.15, 0.2) is 54.6 Å². The number of rotatable bonds is 8. The summed E-state index contributed by atoms with van der Waals surface area (Å²) in [6.45, 7) is -0.347. The third kappa shape index (κ3) is 5.13. The second-order valence-corrected chi connectivity index (χ2v) is 7.13. The molecule has 1 heterocycles. The Morgan fingerprint density at radius 2 is 1.38 bits per heavy atom. The van der Waals surface area contributed by atoms with Gasteiger partial charge in [0, 0.05) is 19.5 Å². The van der Waals surface area contributed by atoms with Crippen LogP contribution in [0.3, 0.4) is 0 Å². The number of imide groups is 1. The molecule has 0 aliphatic carbocycles. The normalized spacial score (nSPS) is 14.2. The van der Waals surface area contributed by atoms with Crippen molar-refractivity contribution in [2.45, 2.75) is 25.1 Å². The maximum atomic E-state index is 12.9. The van der Waals surface area contributed by atoms with Gasteiger partial charge in [0.05, 0.1) is 11.1 Å². The topological polar surface area (TPSA) is 95.6 Å². The number of nitrogens with zero attached hydrogens (tertiary/aromatic N) is 1. The number of hydrogen-bond acceptors (Lipinski definition) is 4. The molecule has 0 saturated heterocycles. The van der Waals surface area contributed by atoms with E-state index in [-0.39, 0.29) is 37.1 Å². The van der Waals surface area contributed by atoms with Crippen molar-refractivity contribution < 1.29 is 32.3 Å². The summed E-state index contributed by atoms with van der Waals surface area (Å²) < 4.78 is 36.6. The van der Waals surface area contributed by atoms with Crippen LogP contribution in [-0.4, -0.2) is 53.8 Å². The van der Waals surface area contributed by atoms with Gasteiger partial charge in [-0.3, -0.25) is 24.1 Å². The second kappa shape index (κ2) is 9.63. The van der Waals surface area contributed by atoms with Crippen LogP contribution < -0.4 is 10.6 Å². The summed E-state index contributed by atoms with van der Waals surface area (Å²) in [5.41, 5.74) is 1.14. The quantitative estimate of drug-likeness (QED) is 0.479. The highest BCUT2D eigenvalue weighted by molar-refractivity contribution is 6.22. The first-order valence-electron chi connectivity index (χ1n) is 9.83. The molecule has 1 aliphatic rings. The number of fused-ring (bicyclic) bond motifs is 1. The first-order valence-corrected chi connectivity index (χ1v) is 9.83. The molecule has 2 aromatic rings. The van der Waals surface area contributed by atoms with E-state index in [4.69, 9.17) is 0 Å². The SMILES string of the molecule is O=C(NCCCNC(=O)C(F)(F)F)C(Cc1ccccc1)N1C(=O)c2ccccc2C1=O. The summed E-state index contributed by atoms with van der Waals surface area (Å²) in [5.74, 6) is -3.85. The van der Waals surface area contributed by atoms with Gasteiger partial charge in [-0.15, -0.1) is 0 Å². The molecule has 0 bridgehead atoms. The molecule has 2 N–H and O–H groups in total. The van der Waals surface area contributed by atoms with Gasteiger partial charge in [0.15, 0.2) is 0 Å². The second-order valence-electron chi connectivity index (χ2n) is 7.13. The van der Waals surface area contributed by atoms with E-state index in [0.717, 1.165) is 10.5 Å². The van der Waals surface area contributed by atoms with Crippen LogP contribution in [0.4, 0.5) is 13.2 Å². The standard InChI is InChI=1S/C22H20F3N3O4/c23-22(24,25)21(32)27-12-6-11-26-18(29)17(13-14-7-2-1-3-8-14)28-19(30)15-9-4-5-10-16(15)20(28)31/h1-5,7-10,17H,6,11-13H2,(H,26,29)(H,27,32). The molecule has 32 heavy (non-hydrogen) atoms. The third-order valence-corrected chi connectivity index (χ3v) is 4.91. The van der Waals surface area contributed by atoms with Crippen LogP contribution in [0, 0.1) is 0 Å². The van der Waals surface area contributed by atoms with Crippen molar-refractivity contribution in [3.63, 3.8) is 0 Å². The van der Waals surface area contributed by atoms with E-state index in [1.54, 1.807) is 47.8 Å². The number of amides is 4. The molecular formula is C22H20F3N3O4. The van der Waals surface area contributed by atoms with Crippen LogP contribution in [0.5, 0.6) is 0 Å². The third-order valence-electron chi connectivity index (χ3n) is 4.91. The fraction of sp³-hybridized carbons (Fsp3) is 0.273. The fourth-order valence-corrected chi connectivity index (χ4v) is 3.35. The Hall–Kier alpha value is -3.69. The average Bonchev–Trinajstić information content (AvgIpc) is 3.02. The van der Waals surface area contributed by atoms with Gasteiger partial charge in [-0.1, -0.05) is 42.5 Å². The van der Waals surface area contributed by atoms with E-state index >= 15 is 0 Å². The van der Waals surface area contributed by atoms with Gasteiger partial charge < -0.3 is 10.6 Å². The van der Waals surface area contributed by atoms with E-state index in [1.807, 2.05) is 0 Å². The van der Waals surface area contributed by atoms with Crippen LogP contribution >= 0.6 is 0 Å². The summed E-state index contributed by atoms with van der Waals surface area (Å²) in [6, 6.07) is 13.9. The van der Waals surface area contributed by atoms with E-state index in [0.29, 0.717) is 0 Å². The number of alkyl halides is 3. The van der Waals surface area contributed by atoms with Crippen molar-refractivity contribution in [1.82, 2.24) is 15.5 Å². The number of carbonyl (C=O) groups is 4. The molecule has 168 valence electrons. The van der Waals surface area contributed by atoms with Gasteiger partial charge in [0.25, 0.3) is 11.8 Å². The molecule has 0 radical (unpaired) electrons. The molecule has 4 amide bonds. The van der Waals surface area contributed by atoms with E-state index in [9.17, 15) is 32.3 Å². The van der Waals surface area contributed by atoms with Gasteiger partial charge >= 0.3 is 12.1 Å². The molecule has 0 fully saturated rings. The zero-order chi connectivity index (χ0) is 23.3. The molecule has 0 aromatic heterocycles. The Balaban J connectivity index is 1.69. The summed E-state index contributed by atoms with van der Waals surface area (Å²) >= 11 is 0. The van der Waals surface area contributed by atoms with Gasteiger partial charge in [0.1, 0.15) is 6.04 Å². The Morgan fingerprint density at radius 1 is 0.844 bits per heavy atom. The molecule has 1 aliphatic heterocycles. The zero-order valence-corrected chi connectivity index (χ0v) is 16.8. The molecule has 3 rings (SSSR count). The molecule has 2 aromatic carbocycles. The minimum Gasteiger partial charge on any atom is -0.354 e. The highest BCUT2D eigenvalue weighted by atomic mass is 19.4.